The first-order chi connectivity index (χ1) is 7.88. The quantitative estimate of drug-likeness (QED) is 0.841. The van der Waals surface area contributed by atoms with Gasteiger partial charge >= 0.3 is 6.18 Å². The van der Waals surface area contributed by atoms with E-state index in [4.69, 9.17) is 5.26 Å². The first-order valence-electron chi connectivity index (χ1n) is 4.35. The molecular weight excluding hydrogens is 253 g/mol. The molecule has 1 amide bonds. The van der Waals surface area contributed by atoms with Crippen LogP contribution in [0.4, 0.5) is 23.7 Å². The van der Waals surface area contributed by atoms with E-state index in [0.717, 1.165) is 23.9 Å². The van der Waals surface area contributed by atoms with Crippen LogP contribution in [0.2, 0.25) is 0 Å². The lowest BCUT2D eigenvalue weighted by Crippen LogP contribution is -2.10. The summed E-state index contributed by atoms with van der Waals surface area (Å²) in [5, 5.41) is 10.4. The third kappa shape index (κ3) is 3.39. The standard InChI is InChI=1S/C10H7F3N2OS/c1-17-9(16)15-7-3-2-6(5-14)8(4-7)10(11,12)13/h2-4H,1H3,(H,15,16). The maximum Gasteiger partial charge on any atom is 0.417 e. The number of benzene rings is 1. The summed E-state index contributed by atoms with van der Waals surface area (Å²) in [6.45, 7) is 0. The van der Waals surface area contributed by atoms with Gasteiger partial charge in [-0.25, -0.2) is 0 Å². The van der Waals surface area contributed by atoms with Gasteiger partial charge in [-0.05, 0) is 24.5 Å². The first kappa shape index (κ1) is 13.4. The van der Waals surface area contributed by atoms with Crippen molar-refractivity contribution < 1.29 is 18.0 Å². The number of amides is 1. The van der Waals surface area contributed by atoms with Gasteiger partial charge < -0.3 is 5.32 Å². The van der Waals surface area contributed by atoms with Crippen molar-refractivity contribution in [2.45, 2.75) is 6.18 Å². The lowest BCUT2D eigenvalue weighted by atomic mass is 10.1. The van der Waals surface area contributed by atoms with Crippen LogP contribution in [0.1, 0.15) is 11.1 Å². The van der Waals surface area contributed by atoms with Crippen molar-refractivity contribution in [1.82, 2.24) is 0 Å². The first-order valence-corrected chi connectivity index (χ1v) is 5.57. The molecule has 0 aliphatic carbocycles. The van der Waals surface area contributed by atoms with Crippen molar-refractivity contribution in [3.63, 3.8) is 0 Å². The van der Waals surface area contributed by atoms with Crippen LogP contribution in [0.25, 0.3) is 0 Å². The second kappa shape index (κ2) is 5.10. The zero-order chi connectivity index (χ0) is 13.1. The monoisotopic (exact) mass is 260 g/mol. The van der Waals surface area contributed by atoms with Crippen LogP contribution in [-0.4, -0.2) is 11.5 Å². The van der Waals surface area contributed by atoms with Gasteiger partial charge in [-0.15, -0.1) is 0 Å². The van der Waals surface area contributed by atoms with Gasteiger partial charge in [0.2, 0.25) is 0 Å². The number of hydrogen-bond donors (Lipinski definition) is 1. The van der Waals surface area contributed by atoms with Crippen molar-refractivity contribution in [3.8, 4) is 6.07 Å². The Balaban J connectivity index is 3.15. The highest BCUT2D eigenvalue weighted by Crippen LogP contribution is 2.33. The summed E-state index contributed by atoms with van der Waals surface area (Å²) in [7, 11) is 0. The van der Waals surface area contributed by atoms with Crippen LogP contribution >= 0.6 is 11.8 Å². The van der Waals surface area contributed by atoms with Gasteiger partial charge in [0, 0.05) is 5.69 Å². The van der Waals surface area contributed by atoms with E-state index in [9.17, 15) is 18.0 Å². The molecule has 1 N–H and O–H groups in total. The average Bonchev–Trinajstić information content (AvgIpc) is 2.27. The van der Waals surface area contributed by atoms with Crippen molar-refractivity contribution >= 4 is 22.7 Å². The Morgan fingerprint density at radius 2 is 2.12 bits per heavy atom. The molecule has 0 atom stereocenters. The van der Waals surface area contributed by atoms with Crippen molar-refractivity contribution in [2.75, 3.05) is 11.6 Å². The number of carbonyl (C=O) groups excluding carboxylic acids is 1. The summed E-state index contributed by atoms with van der Waals surface area (Å²) in [6, 6.07) is 4.48. The second-order valence-electron chi connectivity index (χ2n) is 2.99. The predicted octanol–water partition coefficient (Wildman–Crippen LogP) is 3.47. The summed E-state index contributed by atoms with van der Waals surface area (Å²) in [6.07, 6.45) is -3.12. The fraction of sp³-hybridized carbons (Fsp3) is 0.200. The smallest absolute Gasteiger partial charge is 0.317 e. The van der Waals surface area contributed by atoms with E-state index in [1.807, 2.05) is 0 Å². The molecule has 0 fully saturated rings. The molecule has 1 aromatic rings. The molecule has 1 rings (SSSR count). The van der Waals surface area contributed by atoms with E-state index >= 15 is 0 Å². The number of nitriles is 1. The van der Waals surface area contributed by atoms with Gasteiger partial charge in [0.1, 0.15) is 0 Å². The largest absolute Gasteiger partial charge is 0.417 e. The van der Waals surface area contributed by atoms with Gasteiger partial charge in [0.05, 0.1) is 17.2 Å². The van der Waals surface area contributed by atoms with Gasteiger partial charge in [-0.2, -0.15) is 18.4 Å². The molecule has 0 aliphatic heterocycles. The van der Waals surface area contributed by atoms with E-state index in [1.165, 1.54) is 18.4 Å². The van der Waals surface area contributed by atoms with Gasteiger partial charge in [-0.3, -0.25) is 4.79 Å². The van der Waals surface area contributed by atoms with Crippen molar-refractivity contribution in [2.24, 2.45) is 0 Å². The minimum atomic E-state index is -4.62. The highest BCUT2D eigenvalue weighted by molar-refractivity contribution is 8.13. The van der Waals surface area contributed by atoms with Gasteiger partial charge in [-0.1, -0.05) is 11.8 Å². The average molecular weight is 260 g/mol. The van der Waals surface area contributed by atoms with E-state index in [-0.39, 0.29) is 5.69 Å². The fourth-order valence-electron chi connectivity index (χ4n) is 1.12. The van der Waals surface area contributed by atoms with E-state index in [2.05, 4.69) is 5.32 Å². The Bertz CT molecular complexity index is 479. The molecule has 0 radical (unpaired) electrons. The summed E-state index contributed by atoms with van der Waals surface area (Å²) in [5.74, 6) is 0. The van der Waals surface area contributed by atoms with Crippen LogP contribution < -0.4 is 5.32 Å². The van der Waals surface area contributed by atoms with Gasteiger partial charge in [0.25, 0.3) is 5.24 Å². The Morgan fingerprint density at radius 3 is 2.59 bits per heavy atom. The number of halogens is 3. The number of carbonyl (C=O) groups is 1. The minimum Gasteiger partial charge on any atom is -0.317 e. The molecule has 0 saturated heterocycles. The topological polar surface area (TPSA) is 52.9 Å². The number of thioether (sulfide) groups is 1. The summed E-state index contributed by atoms with van der Waals surface area (Å²) in [4.78, 5) is 11.0. The highest BCUT2D eigenvalue weighted by atomic mass is 32.2. The normalized spacial score (nSPS) is 10.8. The molecule has 1 aromatic carbocycles. The van der Waals surface area contributed by atoms with Crippen LogP contribution in [0.3, 0.4) is 0 Å². The maximum absolute atomic E-state index is 12.6. The second-order valence-corrected chi connectivity index (χ2v) is 3.77. The Hall–Kier alpha value is -1.68. The molecule has 0 bridgehead atoms. The maximum atomic E-state index is 12.6. The number of hydrogen-bond acceptors (Lipinski definition) is 3. The molecule has 7 heteroatoms. The number of alkyl halides is 3. The zero-order valence-electron chi connectivity index (χ0n) is 8.63. The molecule has 3 nitrogen and oxygen atoms in total. The fourth-order valence-corrected chi connectivity index (χ4v) is 1.34. The molecule has 0 heterocycles. The molecular formula is C10H7F3N2OS. The van der Waals surface area contributed by atoms with Crippen LogP contribution in [0.5, 0.6) is 0 Å². The van der Waals surface area contributed by atoms with Crippen molar-refractivity contribution in [3.05, 3.63) is 29.3 Å². The van der Waals surface area contributed by atoms with Crippen LogP contribution in [0.15, 0.2) is 18.2 Å². The van der Waals surface area contributed by atoms with E-state index in [1.54, 1.807) is 0 Å². The van der Waals surface area contributed by atoms with Gasteiger partial charge in [0.15, 0.2) is 0 Å². The van der Waals surface area contributed by atoms with Crippen molar-refractivity contribution in [1.29, 1.82) is 5.26 Å². The molecule has 0 aliphatic rings. The molecule has 0 saturated carbocycles. The Morgan fingerprint density at radius 1 is 1.47 bits per heavy atom. The molecule has 0 aromatic heterocycles. The highest BCUT2D eigenvalue weighted by Gasteiger charge is 2.33. The lowest BCUT2D eigenvalue weighted by molar-refractivity contribution is -0.137. The third-order valence-electron chi connectivity index (χ3n) is 1.88. The number of nitrogens with one attached hydrogen (secondary N) is 1. The summed E-state index contributed by atoms with van der Waals surface area (Å²) in [5.41, 5.74) is -1.52. The molecule has 0 unspecified atom stereocenters. The van der Waals surface area contributed by atoms with Crippen LogP contribution in [-0.2, 0) is 6.18 Å². The minimum absolute atomic E-state index is 0.00988. The van der Waals surface area contributed by atoms with Crippen LogP contribution in [0, 0.1) is 11.3 Å². The Kier molecular flexibility index (Phi) is 4.02. The SMILES string of the molecule is CSC(=O)Nc1ccc(C#N)c(C(F)(F)F)c1. The Labute approximate surface area is 99.6 Å². The molecule has 17 heavy (non-hydrogen) atoms. The number of nitrogens with zero attached hydrogens (tertiary/aromatic N) is 1. The van der Waals surface area contributed by atoms with E-state index in [0.29, 0.717) is 0 Å². The summed E-state index contributed by atoms with van der Waals surface area (Å²) >= 11 is 0.847. The predicted molar refractivity (Wildman–Crippen MR) is 58.7 cm³/mol. The lowest BCUT2D eigenvalue weighted by Gasteiger charge is -2.11. The molecule has 90 valence electrons. The number of anilines is 1. The third-order valence-corrected chi connectivity index (χ3v) is 2.35. The van der Waals surface area contributed by atoms with E-state index < -0.39 is 22.5 Å². The zero-order valence-corrected chi connectivity index (χ0v) is 9.45. The molecule has 0 spiro atoms. The summed E-state index contributed by atoms with van der Waals surface area (Å²) < 4.78 is 37.7. The number of rotatable bonds is 1.